The summed E-state index contributed by atoms with van der Waals surface area (Å²) in [6.45, 7) is 6.20. The summed E-state index contributed by atoms with van der Waals surface area (Å²) < 4.78 is 42.8. The number of fused-ring (bicyclic) bond motifs is 1. The summed E-state index contributed by atoms with van der Waals surface area (Å²) >= 11 is 0.949. The standard InChI is InChI=1S/C34H45N3O8S2/c1-34(2,3)45-33(40)35-25-19-29(46-31(25)32(38)39)24-18-30-26(20-28(24)44-17-16-43-5)37(23-14-10-7-11-15-23)21-27(36(4)47(30,41)42)22-12-8-6-9-13-22/h7,10-11,14-15,18-20,22,27,41-42H,6,8-9,12-13,16-17,21H2,1-5H3,(H,35,40)(H,38,39). The van der Waals surface area contributed by atoms with Crippen molar-refractivity contribution in [3.05, 3.63) is 53.4 Å². The minimum atomic E-state index is -3.52. The Balaban J connectivity index is 1.68. The van der Waals surface area contributed by atoms with Gasteiger partial charge in [-0.15, -0.1) is 22.1 Å². The molecule has 0 bridgehead atoms. The zero-order valence-electron chi connectivity index (χ0n) is 27.5. The van der Waals surface area contributed by atoms with Gasteiger partial charge in [0.15, 0.2) is 0 Å². The highest BCUT2D eigenvalue weighted by molar-refractivity contribution is 8.22. The van der Waals surface area contributed by atoms with Crippen molar-refractivity contribution < 1.29 is 38.0 Å². The van der Waals surface area contributed by atoms with E-state index in [-0.39, 0.29) is 29.1 Å². The molecule has 4 N–H and O–H groups in total. The van der Waals surface area contributed by atoms with Crippen molar-refractivity contribution in [1.82, 2.24) is 4.31 Å². The van der Waals surface area contributed by atoms with Gasteiger partial charge in [-0.2, -0.15) is 4.31 Å². The molecule has 1 saturated carbocycles. The highest BCUT2D eigenvalue weighted by Gasteiger charge is 2.41. The highest BCUT2D eigenvalue weighted by Crippen LogP contribution is 2.61. The number of likely N-dealkylation sites (N-methyl/N-ethyl adjacent to an activating group) is 1. The zero-order chi connectivity index (χ0) is 33.9. The number of ether oxygens (including phenoxy) is 3. The van der Waals surface area contributed by atoms with E-state index in [0.29, 0.717) is 39.9 Å². The smallest absolute Gasteiger partial charge is 0.412 e. The molecule has 1 atom stereocenters. The normalized spacial score (nSPS) is 19.4. The Bertz CT molecular complexity index is 1570. The molecule has 1 aliphatic carbocycles. The third-order valence-corrected chi connectivity index (χ3v) is 11.7. The number of nitrogens with zero attached hydrogens (tertiary/aromatic N) is 2. The number of carboxylic acids is 1. The average Bonchev–Trinajstić information content (AvgIpc) is 3.41. The summed E-state index contributed by atoms with van der Waals surface area (Å²) in [7, 11) is -0.163. The summed E-state index contributed by atoms with van der Waals surface area (Å²) in [4.78, 5) is 27.8. The van der Waals surface area contributed by atoms with Crippen LogP contribution in [0.3, 0.4) is 0 Å². The first kappa shape index (κ1) is 35.0. The van der Waals surface area contributed by atoms with Crippen LogP contribution in [0.25, 0.3) is 10.4 Å². The van der Waals surface area contributed by atoms with Crippen LogP contribution in [-0.4, -0.2) is 76.1 Å². The lowest BCUT2D eigenvalue weighted by atomic mass is 9.83. The molecule has 1 amide bonds. The lowest BCUT2D eigenvalue weighted by molar-refractivity contribution is 0.0636. The van der Waals surface area contributed by atoms with Gasteiger partial charge in [-0.25, -0.2) is 9.59 Å². The summed E-state index contributed by atoms with van der Waals surface area (Å²) in [6.07, 6.45) is 4.64. The van der Waals surface area contributed by atoms with Crippen LogP contribution in [0.15, 0.2) is 53.4 Å². The third kappa shape index (κ3) is 7.87. The van der Waals surface area contributed by atoms with E-state index in [4.69, 9.17) is 14.2 Å². The number of benzene rings is 2. The van der Waals surface area contributed by atoms with Gasteiger partial charge < -0.3 is 24.2 Å². The highest BCUT2D eigenvalue weighted by atomic mass is 32.3. The molecule has 3 aromatic rings. The Morgan fingerprint density at radius 3 is 2.38 bits per heavy atom. The molecule has 0 spiro atoms. The van der Waals surface area contributed by atoms with E-state index in [9.17, 15) is 23.8 Å². The van der Waals surface area contributed by atoms with Crippen molar-refractivity contribution in [3.63, 3.8) is 0 Å². The summed E-state index contributed by atoms with van der Waals surface area (Å²) in [5, 5.41) is 12.6. The third-order valence-electron chi connectivity index (χ3n) is 8.52. The molecule has 256 valence electrons. The maximum absolute atomic E-state index is 12.6. The van der Waals surface area contributed by atoms with Gasteiger partial charge in [0.05, 0.1) is 22.9 Å². The summed E-state index contributed by atoms with van der Waals surface area (Å²) in [6, 6.07) is 14.8. The van der Waals surface area contributed by atoms with Gasteiger partial charge >= 0.3 is 12.1 Å². The predicted molar refractivity (Wildman–Crippen MR) is 187 cm³/mol. The number of carbonyl (C=O) groups excluding carboxylic acids is 1. The first-order valence-electron chi connectivity index (χ1n) is 15.8. The number of carbonyl (C=O) groups is 2. The van der Waals surface area contributed by atoms with Gasteiger partial charge in [0, 0.05) is 48.9 Å². The predicted octanol–water partition coefficient (Wildman–Crippen LogP) is 8.54. The van der Waals surface area contributed by atoms with Gasteiger partial charge in [-0.1, -0.05) is 37.5 Å². The number of methoxy groups -OCH3 is 1. The fourth-order valence-corrected chi connectivity index (χ4v) is 8.90. The van der Waals surface area contributed by atoms with Gasteiger partial charge in [0.25, 0.3) is 0 Å². The van der Waals surface area contributed by atoms with Crippen molar-refractivity contribution in [3.8, 4) is 16.2 Å². The van der Waals surface area contributed by atoms with Crippen molar-refractivity contribution in [2.24, 2.45) is 5.92 Å². The molecule has 1 fully saturated rings. The van der Waals surface area contributed by atoms with Crippen LogP contribution < -0.4 is 15.0 Å². The number of hydrogen-bond acceptors (Lipinski definition) is 10. The van der Waals surface area contributed by atoms with E-state index in [1.807, 2.05) is 30.3 Å². The minimum absolute atomic E-state index is 0.0662. The molecule has 11 nitrogen and oxygen atoms in total. The second-order valence-electron chi connectivity index (χ2n) is 12.9. The molecule has 47 heavy (non-hydrogen) atoms. The molecule has 1 aliphatic heterocycles. The number of amides is 1. The number of aromatic carboxylic acids is 1. The number of nitrogens with one attached hydrogen (secondary N) is 1. The number of para-hydroxylation sites is 1. The van der Waals surface area contributed by atoms with E-state index in [2.05, 4.69) is 10.2 Å². The number of rotatable bonds is 9. The molecular formula is C34H45N3O8S2. The maximum Gasteiger partial charge on any atom is 0.412 e. The number of anilines is 3. The van der Waals surface area contributed by atoms with Crippen molar-refractivity contribution >= 4 is 51.2 Å². The molecule has 1 unspecified atom stereocenters. The van der Waals surface area contributed by atoms with Crippen LogP contribution in [0.2, 0.25) is 0 Å². The topological polar surface area (TPSA) is 141 Å². The Morgan fingerprint density at radius 2 is 1.74 bits per heavy atom. The quantitative estimate of drug-likeness (QED) is 0.162. The fraction of sp³-hybridized carbons (Fsp3) is 0.471. The molecule has 2 heterocycles. The van der Waals surface area contributed by atoms with Gasteiger partial charge in [-0.3, -0.25) is 14.4 Å². The monoisotopic (exact) mass is 687 g/mol. The summed E-state index contributed by atoms with van der Waals surface area (Å²) in [5.41, 5.74) is 1.24. The molecule has 5 rings (SSSR count). The number of thiophene rings is 1. The minimum Gasteiger partial charge on any atom is -0.490 e. The lowest BCUT2D eigenvalue weighted by Crippen LogP contribution is -2.45. The molecule has 2 aliphatic rings. The average molecular weight is 688 g/mol. The molecule has 13 heteroatoms. The van der Waals surface area contributed by atoms with Crippen molar-refractivity contribution in [1.29, 1.82) is 0 Å². The molecule has 2 aromatic carbocycles. The molecule has 1 aromatic heterocycles. The Hall–Kier alpha value is -3.33. The van der Waals surface area contributed by atoms with Crippen LogP contribution in [0.4, 0.5) is 21.9 Å². The SMILES string of the molecule is COCCOc1cc2c(cc1-c1cc(NC(=O)OC(C)(C)C)c(C(=O)O)s1)S(O)(O)N(C)C(C1CCCCC1)CN2c1ccccc1. The first-order valence-corrected chi connectivity index (χ1v) is 18.1. The number of carboxylic acid groups (broad SMARTS) is 1. The summed E-state index contributed by atoms with van der Waals surface area (Å²) in [5.74, 6) is -0.523. The molecule has 0 saturated heterocycles. The fourth-order valence-electron chi connectivity index (χ4n) is 6.28. The first-order chi connectivity index (χ1) is 22.3. The van der Waals surface area contributed by atoms with Crippen LogP contribution in [0, 0.1) is 5.92 Å². The Labute approximate surface area is 281 Å². The Morgan fingerprint density at radius 1 is 1.04 bits per heavy atom. The van der Waals surface area contributed by atoms with Crippen LogP contribution >= 0.6 is 22.1 Å². The van der Waals surface area contributed by atoms with Crippen molar-refractivity contribution in [2.45, 2.75) is 69.4 Å². The van der Waals surface area contributed by atoms with E-state index in [1.165, 1.54) is 6.42 Å². The number of hydrogen-bond donors (Lipinski definition) is 4. The van der Waals surface area contributed by atoms with Crippen LogP contribution in [-0.2, 0) is 9.47 Å². The van der Waals surface area contributed by atoms with E-state index >= 15 is 0 Å². The largest absolute Gasteiger partial charge is 0.490 e. The molecule has 0 radical (unpaired) electrons. The van der Waals surface area contributed by atoms with Gasteiger partial charge in [0.1, 0.15) is 22.8 Å². The van der Waals surface area contributed by atoms with Crippen LogP contribution in [0.1, 0.15) is 62.5 Å². The van der Waals surface area contributed by atoms with E-state index in [1.54, 1.807) is 57.4 Å². The Kier molecular flexibility index (Phi) is 10.7. The van der Waals surface area contributed by atoms with Gasteiger partial charge in [0.2, 0.25) is 0 Å². The zero-order valence-corrected chi connectivity index (χ0v) is 29.2. The second kappa shape index (κ2) is 14.4. The van der Waals surface area contributed by atoms with Crippen molar-refractivity contribution in [2.75, 3.05) is 44.1 Å². The maximum atomic E-state index is 12.6. The van der Waals surface area contributed by atoms with Gasteiger partial charge in [-0.05, 0) is 63.8 Å². The van der Waals surface area contributed by atoms with Crippen LogP contribution in [0.5, 0.6) is 5.75 Å². The van der Waals surface area contributed by atoms with E-state index < -0.39 is 28.4 Å². The van der Waals surface area contributed by atoms with E-state index in [0.717, 1.165) is 42.7 Å². The molecular weight excluding hydrogens is 643 g/mol. The second-order valence-corrected chi connectivity index (χ2v) is 16.0. The lowest BCUT2D eigenvalue weighted by Gasteiger charge is -2.46.